The molecule has 0 N–H and O–H groups in total. The third-order valence-electron chi connectivity index (χ3n) is 2.19. The summed E-state index contributed by atoms with van der Waals surface area (Å²) < 4.78 is 9.90. The summed E-state index contributed by atoms with van der Waals surface area (Å²) in [6, 6.07) is 0. The molecular formula is C11H17NO3. The lowest BCUT2D eigenvalue weighted by Crippen LogP contribution is -2.21. The van der Waals surface area contributed by atoms with E-state index in [-0.39, 0.29) is 5.97 Å². The number of carbonyl (C=O) groups is 1. The lowest BCUT2D eigenvalue weighted by atomic mass is 10.1. The molecular weight excluding hydrogens is 194 g/mol. The average molecular weight is 211 g/mol. The summed E-state index contributed by atoms with van der Waals surface area (Å²) in [4.78, 5) is 13.5. The van der Waals surface area contributed by atoms with Gasteiger partial charge in [-0.15, -0.1) is 0 Å². The average Bonchev–Trinajstić information content (AvgIpc) is 2.28. The van der Waals surface area contributed by atoms with E-state index in [0.717, 1.165) is 6.54 Å². The zero-order valence-electron chi connectivity index (χ0n) is 9.40. The van der Waals surface area contributed by atoms with Crippen molar-refractivity contribution in [1.82, 2.24) is 4.90 Å². The number of rotatable bonds is 4. The monoisotopic (exact) mass is 211 g/mol. The first kappa shape index (κ1) is 11.8. The summed E-state index contributed by atoms with van der Waals surface area (Å²) in [6.45, 7) is 4.55. The Morgan fingerprint density at radius 2 is 2.40 bits per heavy atom. The molecule has 0 aliphatic carbocycles. The second kappa shape index (κ2) is 5.56. The third kappa shape index (κ3) is 3.40. The summed E-state index contributed by atoms with van der Waals surface area (Å²) in [5.41, 5.74) is 0.656. The molecule has 4 nitrogen and oxygen atoms in total. The molecule has 0 aromatic heterocycles. The van der Waals surface area contributed by atoms with Crippen LogP contribution in [0.15, 0.2) is 24.0 Å². The smallest absolute Gasteiger partial charge is 0.338 e. The van der Waals surface area contributed by atoms with Crippen LogP contribution in [0.2, 0.25) is 0 Å². The largest absolute Gasteiger partial charge is 0.433 e. The SMILES string of the molecule is CCN1C=CCC(C(=O)OC(C)OC)=C1. The highest BCUT2D eigenvalue weighted by Crippen LogP contribution is 2.14. The van der Waals surface area contributed by atoms with Crippen LogP contribution in [-0.2, 0) is 14.3 Å². The Kier molecular flexibility index (Phi) is 4.37. The first-order valence-electron chi connectivity index (χ1n) is 5.04. The Balaban J connectivity index is 2.56. The molecule has 0 aromatic rings. The molecule has 4 heteroatoms. The van der Waals surface area contributed by atoms with Gasteiger partial charge in [0, 0.05) is 26.3 Å². The van der Waals surface area contributed by atoms with Crippen LogP contribution in [0, 0.1) is 0 Å². The number of allylic oxidation sites excluding steroid dienone is 1. The Morgan fingerprint density at radius 1 is 1.67 bits per heavy atom. The summed E-state index contributed by atoms with van der Waals surface area (Å²) in [5, 5.41) is 0. The van der Waals surface area contributed by atoms with E-state index in [0.29, 0.717) is 12.0 Å². The van der Waals surface area contributed by atoms with Gasteiger partial charge in [0.15, 0.2) is 6.29 Å². The maximum absolute atomic E-state index is 11.6. The molecule has 0 bridgehead atoms. The first-order chi connectivity index (χ1) is 7.17. The number of esters is 1. The summed E-state index contributed by atoms with van der Waals surface area (Å²) >= 11 is 0. The van der Waals surface area contributed by atoms with Crippen LogP contribution in [0.5, 0.6) is 0 Å². The number of methoxy groups -OCH3 is 1. The van der Waals surface area contributed by atoms with Crippen molar-refractivity contribution in [2.45, 2.75) is 26.6 Å². The van der Waals surface area contributed by atoms with E-state index < -0.39 is 6.29 Å². The van der Waals surface area contributed by atoms with Crippen LogP contribution in [0.3, 0.4) is 0 Å². The maximum atomic E-state index is 11.6. The topological polar surface area (TPSA) is 38.8 Å². The Morgan fingerprint density at radius 3 is 3.00 bits per heavy atom. The van der Waals surface area contributed by atoms with Crippen molar-refractivity contribution in [3.63, 3.8) is 0 Å². The van der Waals surface area contributed by atoms with E-state index in [1.54, 1.807) is 6.92 Å². The van der Waals surface area contributed by atoms with Gasteiger partial charge in [0.25, 0.3) is 0 Å². The van der Waals surface area contributed by atoms with Crippen LogP contribution >= 0.6 is 0 Å². The van der Waals surface area contributed by atoms with Gasteiger partial charge in [-0.1, -0.05) is 6.08 Å². The van der Waals surface area contributed by atoms with Crippen molar-refractivity contribution < 1.29 is 14.3 Å². The number of hydrogen-bond acceptors (Lipinski definition) is 4. The molecule has 0 spiro atoms. The number of ether oxygens (including phenoxy) is 2. The second-order valence-electron chi connectivity index (χ2n) is 3.28. The molecule has 0 fully saturated rings. The van der Waals surface area contributed by atoms with Crippen molar-refractivity contribution in [3.8, 4) is 0 Å². The van der Waals surface area contributed by atoms with Gasteiger partial charge in [0.05, 0.1) is 5.57 Å². The van der Waals surface area contributed by atoms with E-state index >= 15 is 0 Å². The Bertz CT molecular complexity index is 284. The molecule has 15 heavy (non-hydrogen) atoms. The van der Waals surface area contributed by atoms with Gasteiger partial charge in [-0.2, -0.15) is 0 Å². The van der Waals surface area contributed by atoms with E-state index in [4.69, 9.17) is 9.47 Å². The van der Waals surface area contributed by atoms with E-state index in [1.807, 2.05) is 30.3 Å². The molecule has 1 heterocycles. The van der Waals surface area contributed by atoms with Crippen LogP contribution < -0.4 is 0 Å². The van der Waals surface area contributed by atoms with Crippen molar-refractivity contribution >= 4 is 5.97 Å². The molecule has 0 radical (unpaired) electrons. The van der Waals surface area contributed by atoms with Gasteiger partial charge in [0.1, 0.15) is 0 Å². The lowest BCUT2D eigenvalue weighted by Gasteiger charge is -2.19. The quantitative estimate of drug-likeness (QED) is 0.523. The second-order valence-corrected chi connectivity index (χ2v) is 3.28. The van der Waals surface area contributed by atoms with Gasteiger partial charge in [-0.05, 0) is 20.0 Å². The molecule has 0 aromatic carbocycles. The minimum Gasteiger partial charge on any atom is -0.433 e. The fraction of sp³-hybridized carbons (Fsp3) is 0.545. The molecule has 1 aliphatic rings. The number of carbonyl (C=O) groups excluding carboxylic acids is 1. The zero-order valence-corrected chi connectivity index (χ0v) is 9.40. The van der Waals surface area contributed by atoms with Crippen LogP contribution in [-0.4, -0.2) is 30.8 Å². The summed E-state index contributed by atoms with van der Waals surface area (Å²) in [7, 11) is 1.51. The van der Waals surface area contributed by atoms with Crippen LogP contribution in [0.4, 0.5) is 0 Å². The van der Waals surface area contributed by atoms with Gasteiger partial charge in [-0.25, -0.2) is 4.79 Å². The lowest BCUT2D eigenvalue weighted by molar-refractivity contribution is -0.165. The fourth-order valence-corrected chi connectivity index (χ4v) is 1.22. The molecule has 0 amide bonds. The fourth-order valence-electron chi connectivity index (χ4n) is 1.22. The predicted molar refractivity (Wildman–Crippen MR) is 56.8 cm³/mol. The number of hydrogen-bond donors (Lipinski definition) is 0. The van der Waals surface area contributed by atoms with Gasteiger partial charge >= 0.3 is 5.97 Å². The van der Waals surface area contributed by atoms with Crippen molar-refractivity contribution in [2.24, 2.45) is 0 Å². The number of nitrogens with zero attached hydrogens (tertiary/aromatic N) is 1. The van der Waals surface area contributed by atoms with Gasteiger partial charge in [-0.3, -0.25) is 0 Å². The van der Waals surface area contributed by atoms with Crippen molar-refractivity contribution in [2.75, 3.05) is 13.7 Å². The normalized spacial score (nSPS) is 17.3. The third-order valence-corrected chi connectivity index (χ3v) is 2.19. The van der Waals surface area contributed by atoms with Gasteiger partial charge < -0.3 is 14.4 Å². The summed E-state index contributed by atoms with van der Waals surface area (Å²) in [5.74, 6) is -0.313. The summed E-state index contributed by atoms with van der Waals surface area (Å²) in [6.07, 6.45) is 5.82. The standard InChI is InChI=1S/C11H17NO3/c1-4-12-7-5-6-10(8-12)11(13)15-9(2)14-3/h5,7-9H,4,6H2,1-3H3. The highest BCUT2D eigenvalue weighted by molar-refractivity contribution is 5.88. The molecule has 1 unspecified atom stereocenters. The van der Waals surface area contributed by atoms with E-state index in [2.05, 4.69) is 0 Å². The van der Waals surface area contributed by atoms with E-state index in [9.17, 15) is 4.79 Å². The zero-order chi connectivity index (χ0) is 11.3. The maximum Gasteiger partial charge on any atom is 0.338 e. The van der Waals surface area contributed by atoms with Crippen molar-refractivity contribution in [3.05, 3.63) is 24.0 Å². The molecule has 0 saturated carbocycles. The highest BCUT2D eigenvalue weighted by atomic mass is 16.7. The van der Waals surface area contributed by atoms with Crippen LogP contribution in [0.1, 0.15) is 20.3 Å². The Labute approximate surface area is 90.2 Å². The van der Waals surface area contributed by atoms with E-state index in [1.165, 1.54) is 7.11 Å². The molecule has 84 valence electrons. The molecule has 1 rings (SSSR count). The predicted octanol–water partition coefficient (Wildman–Crippen LogP) is 1.65. The minimum atomic E-state index is -0.501. The first-order valence-corrected chi connectivity index (χ1v) is 5.04. The van der Waals surface area contributed by atoms with Crippen molar-refractivity contribution in [1.29, 1.82) is 0 Å². The molecule has 0 saturated heterocycles. The minimum absolute atomic E-state index is 0.313. The van der Waals surface area contributed by atoms with Gasteiger partial charge in [0.2, 0.25) is 0 Å². The highest BCUT2D eigenvalue weighted by Gasteiger charge is 2.16. The Hall–Kier alpha value is -1.29. The van der Waals surface area contributed by atoms with Crippen LogP contribution in [0.25, 0.3) is 0 Å². The molecule has 1 atom stereocenters. The molecule has 1 aliphatic heterocycles.